The molecular formula is C17H39IN4O. The molecule has 23 heavy (non-hydrogen) atoms. The van der Waals surface area contributed by atoms with E-state index in [1.165, 1.54) is 12.8 Å². The zero-order chi connectivity index (χ0) is 16.8. The molecule has 0 fully saturated rings. The summed E-state index contributed by atoms with van der Waals surface area (Å²) in [6.45, 7) is 13.4. The first kappa shape index (κ1) is 25.2. The topological polar surface area (TPSA) is 48.9 Å². The number of methoxy groups -OCH3 is 1. The molecular weight excluding hydrogens is 403 g/mol. The number of hydrogen-bond donors (Lipinski definition) is 2. The van der Waals surface area contributed by atoms with Crippen molar-refractivity contribution in [2.45, 2.75) is 53.0 Å². The van der Waals surface area contributed by atoms with E-state index in [0.717, 1.165) is 51.1 Å². The van der Waals surface area contributed by atoms with Crippen molar-refractivity contribution in [3.63, 3.8) is 0 Å². The lowest BCUT2D eigenvalue weighted by Gasteiger charge is -2.19. The fraction of sp³-hybridized carbons (Fsp3) is 0.941. The van der Waals surface area contributed by atoms with Crippen LogP contribution in [0.1, 0.15) is 47.0 Å². The second-order valence-electron chi connectivity index (χ2n) is 6.43. The Morgan fingerprint density at radius 2 is 1.87 bits per heavy atom. The molecule has 0 aromatic rings. The summed E-state index contributed by atoms with van der Waals surface area (Å²) in [5.41, 5.74) is 0. The molecule has 0 rings (SSSR count). The van der Waals surface area contributed by atoms with Gasteiger partial charge in [-0.3, -0.25) is 4.99 Å². The molecule has 0 aromatic heterocycles. The van der Waals surface area contributed by atoms with Gasteiger partial charge in [-0.15, -0.1) is 24.0 Å². The van der Waals surface area contributed by atoms with Crippen LogP contribution >= 0.6 is 24.0 Å². The summed E-state index contributed by atoms with van der Waals surface area (Å²) >= 11 is 0. The summed E-state index contributed by atoms with van der Waals surface area (Å²) < 4.78 is 5.08. The summed E-state index contributed by atoms with van der Waals surface area (Å²) in [6, 6.07) is 0.463. The van der Waals surface area contributed by atoms with Crippen LogP contribution in [0.2, 0.25) is 0 Å². The van der Waals surface area contributed by atoms with Crippen LogP contribution in [0.25, 0.3) is 0 Å². The van der Waals surface area contributed by atoms with Crippen LogP contribution in [0.4, 0.5) is 0 Å². The zero-order valence-electron chi connectivity index (χ0n) is 16.0. The molecule has 0 aliphatic carbocycles. The van der Waals surface area contributed by atoms with Crippen molar-refractivity contribution in [3.05, 3.63) is 0 Å². The first-order valence-corrected chi connectivity index (χ1v) is 8.71. The van der Waals surface area contributed by atoms with Crippen LogP contribution in [0.5, 0.6) is 0 Å². The van der Waals surface area contributed by atoms with E-state index in [-0.39, 0.29) is 24.0 Å². The monoisotopic (exact) mass is 442 g/mol. The van der Waals surface area contributed by atoms with Crippen molar-refractivity contribution < 1.29 is 4.74 Å². The lowest BCUT2D eigenvalue weighted by atomic mass is 10.0. The van der Waals surface area contributed by atoms with Crippen LogP contribution in [0.15, 0.2) is 4.99 Å². The average molecular weight is 442 g/mol. The van der Waals surface area contributed by atoms with Gasteiger partial charge in [0.1, 0.15) is 0 Å². The van der Waals surface area contributed by atoms with Gasteiger partial charge in [0.05, 0.1) is 6.61 Å². The number of nitrogens with zero attached hydrogens (tertiary/aromatic N) is 2. The van der Waals surface area contributed by atoms with Crippen LogP contribution in [-0.2, 0) is 4.74 Å². The highest BCUT2D eigenvalue weighted by Crippen LogP contribution is 2.06. The molecule has 0 saturated carbocycles. The first-order chi connectivity index (χ1) is 10.5. The molecule has 5 nitrogen and oxygen atoms in total. The number of ether oxygens (including phenoxy) is 1. The highest BCUT2D eigenvalue weighted by atomic mass is 127. The highest BCUT2D eigenvalue weighted by molar-refractivity contribution is 14.0. The molecule has 0 aliphatic heterocycles. The number of rotatable bonds is 12. The molecule has 0 spiro atoms. The second-order valence-corrected chi connectivity index (χ2v) is 6.43. The summed E-state index contributed by atoms with van der Waals surface area (Å²) in [7, 11) is 3.87. The van der Waals surface area contributed by atoms with E-state index in [1.54, 1.807) is 7.11 Å². The van der Waals surface area contributed by atoms with E-state index < -0.39 is 0 Å². The van der Waals surface area contributed by atoms with Gasteiger partial charge in [-0.1, -0.05) is 13.8 Å². The molecule has 0 heterocycles. The summed E-state index contributed by atoms with van der Waals surface area (Å²) in [4.78, 5) is 6.95. The number of guanidine groups is 1. The zero-order valence-corrected chi connectivity index (χ0v) is 18.4. The molecule has 1 unspecified atom stereocenters. The standard InChI is InChI=1S/C17H38N4O.HI/c1-7-18-17(20-16(4)10-9-15(2)3)19-11-8-12-21(5)13-14-22-6;/h15-16H,7-14H2,1-6H3,(H2,18,19,20);1H. The van der Waals surface area contributed by atoms with E-state index in [9.17, 15) is 0 Å². The Balaban J connectivity index is 0. The maximum Gasteiger partial charge on any atom is 0.191 e. The second kappa shape index (κ2) is 16.8. The first-order valence-electron chi connectivity index (χ1n) is 8.71. The molecule has 0 saturated heterocycles. The van der Waals surface area contributed by atoms with Gasteiger partial charge in [-0.25, -0.2) is 0 Å². The van der Waals surface area contributed by atoms with E-state index >= 15 is 0 Å². The van der Waals surface area contributed by atoms with Crippen LogP contribution in [0, 0.1) is 5.92 Å². The number of likely N-dealkylation sites (N-methyl/N-ethyl adjacent to an activating group) is 1. The van der Waals surface area contributed by atoms with Gasteiger partial charge in [-0.2, -0.15) is 0 Å². The Hall–Kier alpha value is -0.0800. The predicted molar refractivity (Wildman–Crippen MR) is 112 cm³/mol. The SMILES string of the molecule is CCNC(=NCCCN(C)CCOC)NC(C)CCC(C)C.I. The predicted octanol–water partition coefficient (Wildman–Crippen LogP) is 2.95. The smallest absolute Gasteiger partial charge is 0.191 e. The molecule has 2 N–H and O–H groups in total. The van der Waals surface area contributed by atoms with Crippen molar-refractivity contribution in [2.24, 2.45) is 10.9 Å². The summed E-state index contributed by atoms with van der Waals surface area (Å²) in [5, 5.41) is 6.83. The van der Waals surface area contributed by atoms with Gasteiger partial charge in [0.2, 0.25) is 0 Å². The van der Waals surface area contributed by atoms with Crippen molar-refractivity contribution in [1.82, 2.24) is 15.5 Å². The number of halogens is 1. The third-order valence-electron chi connectivity index (χ3n) is 3.55. The molecule has 0 aliphatic rings. The average Bonchev–Trinajstić information content (AvgIpc) is 2.47. The summed E-state index contributed by atoms with van der Waals surface area (Å²) in [5.74, 6) is 1.70. The van der Waals surface area contributed by atoms with Crippen LogP contribution in [0.3, 0.4) is 0 Å². The van der Waals surface area contributed by atoms with Gasteiger partial charge < -0.3 is 20.3 Å². The largest absolute Gasteiger partial charge is 0.383 e. The lowest BCUT2D eigenvalue weighted by Crippen LogP contribution is -2.42. The fourth-order valence-electron chi connectivity index (χ4n) is 2.10. The molecule has 0 amide bonds. The Morgan fingerprint density at radius 3 is 2.43 bits per heavy atom. The molecule has 0 radical (unpaired) electrons. The molecule has 6 heteroatoms. The number of nitrogens with one attached hydrogen (secondary N) is 2. The molecule has 140 valence electrons. The van der Waals surface area contributed by atoms with Gasteiger partial charge in [0, 0.05) is 32.8 Å². The third kappa shape index (κ3) is 16.6. The summed E-state index contributed by atoms with van der Waals surface area (Å²) in [6.07, 6.45) is 3.50. The number of hydrogen-bond acceptors (Lipinski definition) is 3. The van der Waals surface area contributed by atoms with E-state index in [1.807, 2.05) is 0 Å². The minimum absolute atomic E-state index is 0. The van der Waals surface area contributed by atoms with E-state index in [2.05, 4.69) is 55.3 Å². The Morgan fingerprint density at radius 1 is 1.17 bits per heavy atom. The lowest BCUT2D eigenvalue weighted by molar-refractivity contribution is 0.161. The molecule has 0 aromatic carbocycles. The van der Waals surface area contributed by atoms with Gasteiger partial charge in [-0.05, 0) is 52.6 Å². The highest BCUT2D eigenvalue weighted by Gasteiger charge is 2.06. The minimum Gasteiger partial charge on any atom is -0.383 e. The van der Waals surface area contributed by atoms with Crippen molar-refractivity contribution in [3.8, 4) is 0 Å². The fourth-order valence-corrected chi connectivity index (χ4v) is 2.10. The molecule has 0 bridgehead atoms. The normalized spacial score (nSPS) is 13.1. The van der Waals surface area contributed by atoms with E-state index in [4.69, 9.17) is 4.74 Å². The van der Waals surface area contributed by atoms with Crippen LogP contribution in [-0.4, -0.2) is 63.8 Å². The number of aliphatic imine (C=N–C) groups is 1. The van der Waals surface area contributed by atoms with Crippen molar-refractivity contribution in [2.75, 3.05) is 46.9 Å². The van der Waals surface area contributed by atoms with Crippen LogP contribution < -0.4 is 10.6 Å². The van der Waals surface area contributed by atoms with Gasteiger partial charge >= 0.3 is 0 Å². The van der Waals surface area contributed by atoms with Crippen molar-refractivity contribution in [1.29, 1.82) is 0 Å². The Bertz CT molecular complexity index is 288. The Labute approximate surface area is 161 Å². The van der Waals surface area contributed by atoms with Crippen molar-refractivity contribution >= 4 is 29.9 Å². The quantitative estimate of drug-likeness (QED) is 0.211. The van der Waals surface area contributed by atoms with E-state index in [0.29, 0.717) is 6.04 Å². The maximum absolute atomic E-state index is 5.08. The van der Waals surface area contributed by atoms with Gasteiger partial charge in [0.15, 0.2) is 5.96 Å². The van der Waals surface area contributed by atoms with Gasteiger partial charge in [0.25, 0.3) is 0 Å². The minimum atomic E-state index is 0. The molecule has 1 atom stereocenters. The Kier molecular flexibility index (Phi) is 18.3. The third-order valence-corrected chi connectivity index (χ3v) is 3.55. The maximum atomic E-state index is 5.08.